The van der Waals surface area contributed by atoms with Gasteiger partial charge >= 0.3 is 0 Å². The second-order valence-corrected chi connectivity index (χ2v) is 4.16. The van der Waals surface area contributed by atoms with Gasteiger partial charge in [-0.2, -0.15) is 0 Å². The highest BCUT2D eigenvalue weighted by Crippen LogP contribution is 2.32. The third-order valence-electron chi connectivity index (χ3n) is 2.39. The maximum atomic E-state index is 4.02. The van der Waals surface area contributed by atoms with E-state index in [-0.39, 0.29) is 0 Å². The summed E-state index contributed by atoms with van der Waals surface area (Å²) in [7, 11) is 0. The molecule has 0 unspecified atom stereocenters. The Morgan fingerprint density at radius 2 is 1.80 bits per heavy atom. The molecule has 15 heavy (non-hydrogen) atoms. The first-order chi connectivity index (χ1) is 7.45. The lowest BCUT2D eigenvalue weighted by Crippen LogP contribution is -1.75. The van der Waals surface area contributed by atoms with Crippen LogP contribution in [-0.2, 0) is 0 Å². The average molecular weight is 210 g/mol. The van der Waals surface area contributed by atoms with Crippen LogP contribution in [0.5, 0.6) is 0 Å². The Labute approximate surface area is 92.0 Å². The van der Waals surface area contributed by atoms with Crippen molar-refractivity contribution in [3.05, 3.63) is 54.2 Å². The molecular weight excluding hydrogens is 202 g/mol. The van der Waals surface area contributed by atoms with E-state index < -0.39 is 0 Å². The molecule has 0 saturated heterocycles. The van der Waals surface area contributed by atoms with E-state index in [1.54, 1.807) is 11.3 Å². The molecule has 3 aromatic rings. The van der Waals surface area contributed by atoms with Crippen molar-refractivity contribution in [1.29, 1.82) is 0 Å². The Kier molecular flexibility index (Phi) is 2.00. The van der Waals surface area contributed by atoms with E-state index in [1.165, 1.54) is 21.2 Å². The smallest absolute Gasteiger partial charge is 0.0540 e. The van der Waals surface area contributed by atoms with Gasteiger partial charge in [-0.3, -0.25) is 4.98 Å². The molecular formula is C13H8NS. The number of rotatable bonds is 1. The molecule has 0 aliphatic rings. The van der Waals surface area contributed by atoms with E-state index in [9.17, 15) is 0 Å². The highest BCUT2D eigenvalue weighted by molar-refractivity contribution is 7.17. The summed E-state index contributed by atoms with van der Waals surface area (Å²) in [6.45, 7) is 0. The van der Waals surface area contributed by atoms with Crippen LogP contribution in [0.1, 0.15) is 0 Å². The fourth-order valence-corrected chi connectivity index (χ4v) is 2.52. The highest BCUT2D eigenvalue weighted by Gasteiger charge is 2.05. The summed E-state index contributed by atoms with van der Waals surface area (Å²) < 4.78 is 1.28. The van der Waals surface area contributed by atoms with Crippen LogP contribution in [0.3, 0.4) is 0 Å². The number of thiophene rings is 1. The molecule has 0 amide bonds. The maximum Gasteiger partial charge on any atom is 0.0540 e. The minimum Gasteiger partial charge on any atom is -0.265 e. The quantitative estimate of drug-likeness (QED) is 0.596. The molecule has 2 heteroatoms. The number of aromatic nitrogens is 1. The molecule has 0 atom stereocenters. The van der Waals surface area contributed by atoms with Gasteiger partial charge in [0.2, 0.25) is 0 Å². The lowest BCUT2D eigenvalue weighted by atomic mass is 10.1. The first kappa shape index (κ1) is 8.62. The van der Waals surface area contributed by atoms with E-state index in [0.717, 1.165) is 0 Å². The molecule has 0 fully saturated rings. The zero-order valence-corrected chi connectivity index (χ0v) is 8.79. The molecule has 2 heterocycles. The van der Waals surface area contributed by atoms with Crippen molar-refractivity contribution in [3.8, 4) is 11.1 Å². The van der Waals surface area contributed by atoms with E-state index >= 15 is 0 Å². The minimum atomic E-state index is 1.18. The van der Waals surface area contributed by atoms with Crippen molar-refractivity contribution in [1.82, 2.24) is 4.98 Å². The summed E-state index contributed by atoms with van der Waals surface area (Å²) in [4.78, 5) is 4.02. The monoisotopic (exact) mass is 210 g/mol. The summed E-state index contributed by atoms with van der Waals surface area (Å²) in [5.41, 5.74) is 2.36. The van der Waals surface area contributed by atoms with Crippen LogP contribution >= 0.6 is 11.3 Å². The Balaban J connectivity index is 2.28. The van der Waals surface area contributed by atoms with Crippen LogP contribution in [0, 0.1) is 5.38 Å². The molecule has 0 saturated carbocycles. The number of hydrogen-bond donors (Lipinski definition) is 0. The van der Waals surface area contributed by atoms with E-state index in [4.69, 9.17) is 0 Å². The van der Waals surface area contributed by atoms with Gasteiger partial charge in [0.15, 0.2) is 0 Å². The Hall–Kier alpha value is -1.67. The van der Waals surface area contributed by atoms with E-state index in [1.807, 2.05) is 24.5 Å². The van der Waals surface area contributed by atoms with Gasteiger partial charge in [-0.1, -0.05) is 18.2 Å². The molecule has 0 aliphatic carbocycles. The molecule has 1 nitrogen and oxygen atoms in total. The molecule has 2 aromatic heterocycles. The summed E-state index contributed by atoms with van der Waals surface area (Å²) in [6, 6.07) is 12.4. The lowest BCUT2D eigenvalue weighted by Gasteiger charge is -1.97. The highest BCUT2D eigenvalue weighted by atomic mass is 32.1. The van der Waals surface area contributed by atoms with Crippen LogP contribution < -0.4 is 0 Å². The number of fused-ring (bicyclic) bond motifs is 1. The fraction of sp³-hybridized carbons (Fsp3) is 0. The zero-order valence-electron chi connectivity index (χ0n) is 7.97. The molecule has 71 valence electrons. The van der Waals surface area contributed by atoms with Gasteiger partial charge in [0, 0.05) is 28.0 Å². The summed E-state index contributed by atoms with van der Waals surface area (Å²) in [5, 5.41) is 4.62. The van der Waals surface area contributed by atoms with Gasteiger partial charge in [0.1, 0.15) is 0 Å². The van der Waals surface area contributed by atoms with Gasteiger partial charge in [-0.25, -0.2) is 0 Å². The van der Waals surface area contributed by atoms with Crippen LogP contribution in [0.15, 0.2) is 48.8 Å². The minimum absolute atomic E-state index is 1.18. The topological polar surface area (TPSA) is 12.9 Å². The molecule has 1 aromatic carbocycles. The van der Waals surface area contributed by atoms with E-state index in [2.05, 4.69) is 34.6 Å². The molecule has 1 radical (unpaired) electrons. The Morgan fingerprint density at radius 3 is 2.67 bits per heavy atom. The molecule has 0 N–H and O–H groups in total. The van der Waals surface area contributed by atoms with Gasteiger partial charge in [0.25, 0.3) is 0 Å². The third-order valence-corrected chi connectivity index (χ3v) is 3.27. The van der Waals surface area contributed by atoms with Crippen molar-refractivity contribution in [2.45, 2.75) is 0 Å². The number of benzene rings is 1. The molecule has 0 spiro atoms. The van der Waals surface area contributed by atoms with Crippen molar-refractivity contribution in [2.24, 2.45) is 0 Å². The summed E-state index contributed by atoms with van der Waals surface area (Å²) >= 11 is 1.66. The maximum absolute atomic E-state index is 4.02. The first-order valence-electron chi connectivity index (χ1n) is 4.75. The normalized spacial score (nSPS) is 10.7. The van der Waals surface area contributed by atoms with Crippen LogP contribution in [0.25, 0.3) is 21.2 Å². The van der Waals surface area contributed by atoms with Gasteiger partial charge in [-0.15, -0.1) is 11.3 Å². The van der Waals surface area contributed by atoms with Crippen LogP contribution in [0.4, 0.5) is 0 Å². The molecule has 3 rings (SSSR count). The fourth-order valence-electron chi connectivity index (χ4n) is 1.66. The van der Waals surface area contributed by atoms with Crippen molar-refractivity contribution >= 4 is 21.4 Å². The van der Waals surface area contributed by atoms with Gasteiger partial charge in [0.05, 0.1) is 5.38 Å². The second-order valence-electron chi connectivity index (χ2n) is 3.31. The largest absolute Gasteiger partial charge is 0.265 e. The Bertz CT molecular complexity index is 584. The summed E-state index contributed by atoms with van der Waals surface area (Å²) in [5.74, 6) is 0. The van der Waals surface area contributed by atoms with Crippen LogP contribution in [-0.4, -0.2) is 4.98 Å². The van der Waals surface area contributed by atoms with Gasteiger partial charge in [-0.05, 0) is 23.8 Å². The predicted molar refractivity (Wildman–Crippen MR) is 63.9 cm³/mol. The van der Waals surface area contributed by atoms with Gasteiger partial charge < -0.3 is 0 Å². The predicted octanol–water partition coefficient (Wildman–Crippen LogP) is 3.76. The SMILES string of the molecule is [c]1sc2ccccc2c1-c1ccncc1. The van der Waals surface area contributed by atoms with Crippen molar-refractivity contribution in [2.75, 3.05) is 0 Å². The third kappa shape index (κ3) is 1.43. The average Bonchev–Trinajstić information content (AvgIpc) is 2.74. The van der Waals surface area contributed by atoms with E-state index in [0.29, 0.717) is 0 Å². The standard InChI is InChI=1S/C13H8NS/c1-2-4-13-11(3-1)12(9-15-13)10-5-7-14-8-6-10/h1-8H. The second kappa shape index (κ2) is 3.48. The Morgan fingerprint density at radius 1 is 1.00 bits per heavy atom. The zero-order chi connectivity index (χ0) is 10.1. The lowest BCUT2D eigenvalue weighted by molar-refractivity contribution is 1.33. The number of hydrogen-bond acceptors (Lipinski definition) is 2. The number of pyridine rings is 1. The van der Waals surface area contributed by atoms with Crippen LogP contribution in [0.2, 0.25) is 0 Å². The van der Waals surface area contributed by atoms with Crippen molar-refractivity contribution < 1.29 is 0 Å². The number of nitrogens with zero attached hydrogens (tertiary/aromatic N) is 1. The first-order valence-corrected chi connectivity index (χ1v) is 5.56. The molecule has 0 bridgehead atoms. The summed E-state index contributed by atoms with van der Waals surface area (Å²) in [6.07, 6.45) is 3.63. The molecule has 0 aliphatic heterocycles. The van der Waals surface area contributed by atoms with Crippen molar-refractivity contribution in [3.63, 3.8) is 0 Å².